The van der Waals surface area contributed by atoms with E-state index < -0.39 is 0 Å². The van der Waals surface area contributed by atoms with Gasteiger partial charge in [-0.25, -0.2) is 4.85 Å². The van der Waals surface area contributed by atoms with Gasteiger partial charge >= 0.3 is 0 Å². The van der Waals surface area contributed by atoms with Gasteiger partial charge in [0.05, 0.1) is 6.57 Å². The Labute approximate surface area is 93.7 Å². The molecule has 0 fully saturated rings. The predicted molar refractivity (Wildman–Crippen MR) is 65.2 cm³/mol. The van der Waals surface area contributed by atoms with Crippen LogP contribution in [0.4, 0.5) is 0 Å². The Morgan fingerprint density at radius 2 is 1.60 bits per heavy atom. The lowest BCUT2D eigenvalue weighted by atomic mass is 9.84. The van der Waals surface area contributed by atoms with Crippen LogP contribution in [0.15, 0.2) is 22.9 Å². The average Bonchev–Trinajstić information content (AvgIpc) is 2.44. The maximum absolute atomic E-state index is 7.24. The molecule has 0 bridgehead atoms. The van der Waals surface area contributed by atoms with Gasteiger partial charge in [0.25, 0.3) is 0 Å². The van der Waals surface area contributed by atoms with E-state index in [4.69, 9.17) is 6.57 Å². The SMILES string of the molecule is [C-]#[N+]C1=C(C(C)(C)C)C=C(C(C)(C)C)C1. The number of hydrogen-bond donors (Lipinski definition) is 0. The van der Waals surface area contributed by atoms with Crippen molar-refractivity contribution in [2.24, 2.45) is 10.8 Å². The molecular formula is C14H21N. The molecule has 1 heteroatoms. The second-order valence-electron chi connectivity index (χ2n) is 6.32. The Morgan fingerprint density at radius 3 is 1.87 bits per heavy atom. The van der Waals surface area contributed by atoms with Gasteiger partial charge in [0, 0.05) is 6.42 Å². The molecule has 0 radical (unpaired) electrons. The molecule has 0 aromatic carbocycles. The lowest BCUT2D eigenvalue weighted by Crippen LogP contribution is -2.09. The summed E-state index contributed by atoms with van der Waals surface area (Å²) in [6.07, 6.45) is 3.09. The Hall–Kier alpha value is -1.03. The van der Waals surface area contributed by atoms with E-state index in [1.807, 2.05) is 0 Å². The zero-order valence-corrected chi connectivity index (χ0v) is 10.7. The van der Waals surface area contributed by atoms with E-state index in [1.165, 1.54) is 11.1 Å². The fourth-order valence-electron chi connectivity index (χ4n) is 1.81. The minimum absolute atomic E-state index is 0.0902. The van der Waals surface area contributed by atoms with Crippen molar-refractivity contribution in [3.63, 3.8) is 0 Å². The second-order valence-corrected chi connectivity index (χ2v) is 6.32. The van der Waals surface area contributed by atoms with Crippen molar-refractivity contribution in [2.45, 2.75) is 48.0 Å². The normalized spacial score (nSPS) is 17.8. The highest BCUT2D eigenvalue weighted by molar-refractivity contribution is 5.46. The maximum atomic E-state index is 7.24. The van der Waals surface area contributed by atoms with E-state index >= 15 is 0 Å². The summed E-state index contributed by atoms with van der Waals surface area (Å²) in [6, 6.07) is 0. The van der Waals surface area contributed by atoms with Crippen LogP contribution in [0, 0.1) is 17.4 Å². The minimum atomic E-state index is 0.0902. The topological polar surface area (TPSA) is 4.36 Å². The van der Waals surface area contributed by atoms with Crippen molar-refractivity contribution < 1.29 is 0 Å². The average molecular weight is 203 g/mol. The van der Waals surface area contributed by atoms with E-state index in [-0.39, 0.29) is 10.8 Å². The molecule has 1 aliphatic carbocycles. The molecule has 0 unspecified atom stereocenters. The van der Waals surface area contributed by atoms with E-state index in [1.54, 1.807) is 0 Å². The largest absolute Gasteiger partial charge is 0.242 e. The first-order chi connectivity index (χ1) is 6.66. The van der Waals surface area contributed by atoms with Gasteiger partial charge in [0.2, 0.25) is 0 Å². The Morgan fingerprint density at radius 1 is 1.07 bits per heavy atom. The summed E-state index contributed by atoms with van der Waals surface area (Å²) in [7, 11) is 0. The summed E-state index contributed by atoms with van der Waals surface area (Å²) in [5.41, 5.74) is 3.82. The smallest absolute Gasteiger partial charge is 0.173 e. The van der Waals surface area contributed by atoms with Crippen LogP contribution in [0.1, 0.15) is 48.0 Å². The van der Waals surface area contributed by atoms with Crippen molar-refractivity contribution in [3.05, 3.63) is 34.3 Å². The molecule has 82 valence electrons. The fraction of sp³-hybridized carbons (Fsp3) is 0.643. The molecule has 0 spiro atoms. The van der Waals surface area contributed by atoms with Crippen molar-refractivity contribution in [1.82, 2.24) is 0 Å². The summed E-state index contributed by atoms with van der Waals surface area (Å²) in [5.74, 6) is 0. The molecule has 0 atom stereocenters. The molecule has 1 rings (SSSR count). The third-order valence-electron chi connectivity index (χ3n) is 2.89. The van der Waals surface area contributed by atoms with Crippen LogP contribution in [0.2, 0.25) is 0 Å². The van der Waals surface area contributed by atoms with Crippen LogP contribution >= 0.6 is 0 Å². The van der Waals surface area contributed by atoms with Crippen molar-refractivity contribution in [2.75, 3.05) is 0 Å². The van der Waals surface area contributed by atoms with Crippen LogP contribution in [0.5, 0.6) is 0 Å². The van der Waals surface area contributed by atoms with E-state index in [0.29, 0.717) is 0 Å². The lowest BCUT2D eigenvalue weighted by molar-refractivity contribution is 0.493. The first-order valence-corrected chi connectivity index (χ1v) is 5.48. The van der Waals surface area contributed by atoms with Crippen LogP contribution in [-0.2, 0) is 0 Å². The molecule has 1 nitrogen and oxygen atoms in total. The van der Waals surface area contributed by atoms with Crippen LogP contribution in [0.25, 0.3) is 4.85 Å². The quantitative estimate of drug-likeness (QED) is 0.507. The number of rotatable bonds is 0. The highest BCUT2D eigenvalue weighted by Crippen LogP contribution is 2.43. The summed E-state index contributed by atoms with van der Waals surface area (Å²) in [4.78, 5) is 3.68. The van der Waals surface area contributed by atoms with Crippen molar-refractivity contribution in [3.8, 4) is 0 Å². The van der Waals surface area contributed by atoms with Crippen molar-refractivity contribution >= 4 is 0 Å². The molecule has 0 aliphatic heterocycles. The monoisotopic (exact) mass is 203 g/mol. The highest BCUT2D eigenvalue weighted by atomic mass is 14.7. The van der Waals surface area contributed by atoms with Crippen molar-refractivity contribution in [1.29, 1.82) is 0 Å². The third-order valence-corrected chi connectivity index (χ3v) is 2.89. The minimum Gasteiger partial charge on any atom is -0.242 e. The number of allylic oxidation sites excluding steroid dienone is 3. The van der Waals surface area contributed by atoms with E-state index in [2.05, 4.69) is 52.5 Å². The fourth-order valence-corrected chi connectivity index (χ4v) is 1.81. The maximum Gasteiger partial charge on any atom is 0.173 e. The van der Waals surface area contributed by atoms with Gasteiger partial charge in [-0.15, -0.1) is 0 Å². The van der Waals surface area contributed by atoms with Gasteiger partial charge in [-0.2, -0.15) is 0 Å². The zero-order valence-electron chi connectivity index (χ0n) is 10.7. The Kier molecular flexibility index (Phi) is 2.83. The molecule has 0 saturated carbocycles. The third kappa shape index (κ3) is 2.50. The molecule has 0 heterocycles. The molecule has 0 N–H and O–H groups in total. The highest BCUT2D eigenvalue weighted by Gasteiger charge is 2.29. The Bertz CT molecular complexity index is 362. The molecular weight excluding hydrogens is 182 g/mol. The van der Waals surface area contributed by atoms with Gasteiger partial charge < -0.3 is 0 Å². The standard InChI is InChI=1S/C14H21N/c1-13(2,3)10-8-11(14(4,5)6)12(9-10)15-7/h8H,9H2,1-6H3. The van der Waals surface area contributed by atoms with Gasteiger partial charge in [-0.3, -0.25) is 0 Å². The zero-order chi connectivity index (χ0) is 11.9. The summed E-state index contributed by atoms with van der Waals surface area (Å²) in [5, 5.41) is 0. The first-order valence-electron chi connectivity index (χ1n) is 5.48. The summed E-state index contributed by atoms with van der Waals surface area (Å²) < 4.78 is 0. The lowest BCUT2D eigenvalue weighted by Gasteiger charge is -2.22. The predicted octanol–water partition coefficient (Wildman–Crippen LogP) is 4.58. The van der Waals surface area contributed by atoms with E-state index in [0.717, 1.165) is 12.1 Å². The Balaban J connectivity index is 3.11. The van der Waals surface area contributed by atoms with Crippen LogP contribution in [-0.4, -0.2) is 0 Å². The van der Waals surface area contributed by atoms with Gasteiger partial charge in [-0.1, -0.05) is 53.2 Å². The molecule has 0 aromatic heterocycles. The first kappa shape index (κ1) is 12.0. The molecule has 0 saturated heterocycles. The summed E-state index contributed by atoms with van der Waals surface area (Å²) in [6.45, 7) is 20.4. The second kappa shape index (κ2) is 3.52. The van der Waals surface area contributed by atoms with Crippen LogP contribution in [0.3, 0.4) is 0 Å². The van der Waals surface area contributed by atoms with Gasteiger partial charge in [0.15, 0.2) is 5.70 Å². The molecule has 0 aromatic rings. The number of nitrogens with zero attached hydrogens (tertiary/aromatic N) is 1. The van der Waals surface area contributed by atoms with E-state index in [9.17, 15) is 0 Å². The summed E-state index contributed by atoms with van der Waals surface area (Å²) >= 11 is 0. The molecule has 15 heavy (non-hydrogen) atoms. The van der Waals surface area contributed by atoms with Crippen LogP contribution < -0.4 is 0 Å². The van der Waals surface area contributed by atoms with Gasteiger partial charge in [-0.05, 0) is 16.4 Å². The molecule has 1 aliphatic rings. The number of hydrogen-bond acceptors (Lipinski definition) is 0. The molecule has 0 amide bonds. The van der Waals surface area contributed by atoms with Gasteiger partial charge in [0.1, 0.15) is 0 Å².